The molecule has 3 nitrogen and oxygen atoms in total. The summed E-state index contributed by atoms with van der Waals surface area (Å²) in [6, 6.07) is 8.55. The zero-order chi connectivity index (χ0) is 10.8. The summed E-state index contributed by atoms with van der Waals surface area (Å²) in [6.07, 6.45) is 0. The van der Waals surface area contributed by atoms with Gasteiger partial charge in [0, 0.05) is 0 Å². The molecule has 0 aliphatic carbocycles. The molecule has 1 aromatic carbocycles. The summed E-state index contributed by atoms with van der Waals surface area (Å²) in [5, 5.41) is 8.31. The summed E-state index contributed by atoms with van der Waals surface area (Å²) in [4.78, 5) is 10.8. The Balaban J connectivity index is 3.02. The van der Waals surface area contributed by atoms with Crippen molar-refractivity contribution in [3.8, 4) is 0 Å². The van der Waals surface area contributed by atoms with Gasteiger partial charge in [-0.15, -0.1) is 0 Å². The maximum atomic E-state index is 10.8. The third-order valence-electron chi connectivity index (χ3n) is 2.56. The molecule has 1 unspecified atom stereocenters. The van der Waals surface area contributed by atoms with E-state index in [0.29, 0.717) is 0 Å². The van der Waals surface area contributed by atoms with Crippen LogP contribution in [-0.4, -0.2) is 32.8 Å². The van der Waals surface area contributed by atoms with E-state index in [0.717, 1.165) is 5.56 Å². The second kappa shape index (κ2) is 3.88. The van der Waals surface area contributed by atoms with E-state index in [1.54, 1.807) is 0 Å². The van der Waals surface area contributed by atoms with Crippen molar-refractivity contribution in [3.63, 3.8) is 0 Å². The molecular weight excluding hydrogens is 176 g/mol. The fourth-order valence-electron chi connectivity index (χ4n) is 1.36. The monoisotopic (exact) mass is 189 g/mol. The van der Waals surface area contributed by atoms with Crippen LogP contribution in [0.5, 0.6) is 0 Å². The Labute approximate surface area is 85.1 Å². The predicted molar refractivity (Wildman–Crippen MR) is 60.8 cm³/mol. The normalized spacial score (nSPS) is 13.5. The standard InChI is InChI=1S/C9H13B2NO2/c10-9(11,7(12)8(13)14)6-4-2-1-3-5-6/h1-5,7H,10-12H2,(H,13,14). The Morgan fingerprint density at radius 3 is 2.29 bits per heavy atom. The van der Waals surface area contributed by atoms with Gasteiger partial charge in [-0.1, -0.05) is 35.9 Å². The number of hydrogen-bond donors (Lipinski definition) is 2. The van der Waals surface area contributed by atoms with E-state index in [9.17, 15) is 4.79 Å². The summed E-state index contributed by atoms with van der Waals surface area (Å²) in [6.45, 7) is 0. The van der Waals surface area contributed by atoms with Crippen molar-refractivity contribution in [1.29, 1.82) is 0 Å². The van der Waals surface area contributed by atoms with E-state index in [2.05, 4.69) is 0 Å². The topological polar surface area (TPSA) is 63.3 Å². The van der Waals surface area contributed by atoms with E-state index < -0.39 is 17.2 Å². The number of benzene rings is 1. The fourth-order valence-corrected chi connectivity index (χ4v) is 1.36. The Kier molecular flexibility index (Phi) is 3.01. The quantitative estimate of drug-likeness (QED) is 0.569. The van der Waals surface area contributed by atoms with Crippen molar-refractivity contribution in [2.75, 3.05) is 0 Å². The summed E-state index contributed by atoms with van der Waals surface area (Å²) in [7, 11) is 3.67. The van der Waals surface area contributed by atoms with Gasteiger partial charge in [-0.3, -0.25) is 4.79 Å². The van der Waals surface area contributed by atoms with Crippen LogP contribution in [0.2, 0.25) is 0 Å². The smallest absolute Gasteiger partial charge is 0.319 e. The second-order valence-corrected chi connectivity index (χ2v) is 3.90. The molecule has 1 aromatic rings. The minimum atomic E-state index is -0.973. The highest BCUT2D eigenvalue weighted by molar-refractivity contribution is 6.42. The molecule has 0 aliphatic rings. The molecule has 14 heavy (non-hydrogen) atoms. The third-order valence-corrected chi connectivity index (χ3v) is 2.56. The van der Waals surface area contributed by atoms with Crippen LogP contribution in [0.15, 0.2) is 30.3 Å². The average Bonchev–Trinajstić information content (AvgIpc) is 2.18. The number of hydrogen-bond acceptors (Lipinski definition) is 2. The molecule has 0 spiro atoms. The molecule has 0 aliphatic heterocycles. The Morgan fingerprint density at radius 2 is 1.86 bits per heavy atom. The largest absolute Gasteiger partial charge is 0.480 e. The molecule has 0 saturated heterocycles. The lowest BCUT2D eigenvalue weighted by atomic mass is 9.47. The van der Waals surface area contributed by atoms with Crippen LogP contribution in [0.4, 0.5) is 0 Å². The van der Waals surface area contributed by atoms with Gasteiger partial charge in [0.05, 0.1) is 6.04 Å². The van der Waals surface area contributed by atoms with Gasteiger partial charge < -0.3 is 10.8 Å². The Hall–Kier alpha value is -1.22. The van der Waals surface area contributed by atoms with Crippen LogP contribution in [0.1, 0.15) is 5.56 Å². The summed E-state index contributed by atoms with van der Waals surface area (Å²) < 4.78 is 0. The van der Waals surface area contributed by atoms with E-state index >= 15 is 0 Å². The van der Waals surface area contributed by atoms with Gasteiger partial charge >= 0.3 is 5.97 Å². The summed E-state index contributed by atoms with van der Waals surface area (Å²) in [5.41, 5.74) is 6.57. The highest BCUT2D eigenvalue weighted by Crippen LogP contribution is 2.19. The molecule has 0 radical (unpaired) electrons. The van der Waals surface area contributed by atoms with Gasteiger partial charge in [-0.05, 0) is 5.21 Å². The first-order valence-corrected chi connectivity index (χ1v) is 4.50. The van der Waals surface area contributed by atoms with Gasteiger partial charge in [0.25, 0.3) is 0 Å². The van der Waals surface area contributed by atoms with Crippen LogP contribution in [0.3, 0.4) is 0 Å². The Bertz CT molecular complexity index is 327. The van der Waals surface area contributed by atoms with Crippen molar-refractivity contribution in [2.45, 2.75) is 11.3 Å². The second-order valence-electron chi connectivity index (χ2n) is 3.90. The minimum Gasteiger partial charge on any atom is -0.480 e. The third kappa shape index (κ3) is 1.99. The summed E-state index contributed by atoms with van der Waals surface area (Å²) >= 11 is 0. The summed E-state index contributed by atoms with van der Waals surface area (Å²) in [5.74, 6) is -0.973. The van der Waals surface area contributed by atoms with Crippen molar-refractivity contribution < 1.29 is 9.90 Å². The molecule has 0 bridgehead atoms. The molecule has 72 valence electrons. The lowest BCUT2D eigenvalue weighted by Crippen LogP contribution is -2.51. The van der Waals surface area contributed by atoms with Crippen molar-refractivity contribution in [3.05, 3.63) is 35.9 Å². The van der Waals surface area contributed by atoms with E-state index in [4.69, 9.17) is 10.8 Å². The van der Waals surface area contributed by atoms with Crippen LogP contribution < -0.4 is 5.73 Å². The van der Waals surface area contributed by atoms with Crippen molar-refractivity contribution in [1.82, 2.24) is 0 Å². The first-order valence-electron chi connectivity index (χ1n) is 4.50. The first kappa shape index (κ1) is 10.9. The van der Waals surface area contributed by atoms with Crippen LogP contribution in [-0.2, 0) is 10.0 Å². The SMILES string of the molecule is BC(B)(c1ccccc1)C(N)C(=O)O. The van der Waals surface area contributed by atoms with Gasteiger partial charge in [0.2, 0.25) is 0 Å². The molecule has 3 N–H and O–H groups in total. The van der Waals surface area contributed by atoms with Crippen molar-refractivity contribution >= 4 is 21.7 Å². The number of rotatable bonds is 3. The first-order chi connectivity index (χ1) is 6.46. The number of carboxylic acids is 1. The molecule has 1 atom stereocenters. The minimum absolute atomic E-state index is 0.549. The van der Waals surface area contributed by atoms with E-state index in [1.165, 1.54) is 0 Å². The van der Waals surface area contributed by atoms with E-state index in [1.807, 2.05) is 46.0 Å². The highest BCUT2D eigenvalue weighted by atomic mass is 16.4. The number of carbonyl (C=O) groups is 1. The van der Waals surface area contributed by atoms with Gasteiger partial charge in [0.1, 0.15) is 15.7 Å². The van der Waals surface area contributed by atoms with Gasteiger partial charge in [-0.2, -0.15) is 0 Å². The van der Waals surface area contributed by atoms with Crippen LogP contribution in [0, 0.1) is 0 Å². The van der Waals surface area contributed by atoms with Crippen LogP contribution in [0.25, 0.3) is 0 Å². The van der Waals surface area contributed by atoms with Gasteiger partial charge in [-0.25, -0.2) is 0 Å². The molecule has 5 heteroatoms. The lowest BCUT2D eigenvalue weighted by molar-refractivity contribution is -0.138. The van der Waals surface area contributed by atoms with Crippen LogP contribution >= 0.6 is 0 Å². The molecule has 1 rings (SSSR count). The van der Waals surface area contributed by atoms with E-state index in [-0.39, 0.29) is 0 Å². The molecule has 0 aromatic heterocycles. The molecule has 0 heterocycles. The predicted octanol–water partition coefficient (Wildman–Crippen LogP) is -1.48. The molecule has 0 amide bonds. The van der Waals surface area contributed by atoms with Crippen molar-refractivity contribution in [2.24, 2.45) is 5.73 Å². The zero-order valence-corrected chi connectivity index (χ0v) is 8.40. The molecule has 0 fully saturated rings. The zero-order valence-electron chi connectivity index (χ0n) is 8.40. The highest BCUT2D eigenvalue weighted by Gasteiger charge is 2.33. The van der Waals surface area contributed by atoms with Gasteiger partial charge in [0.15, 0.2) is 0 Å². The number of carboxylic acid groups (broad SMARTS) is 1. The maximum Gasteiger partial charge on any atom is 0.319 e. The number of nitrogens with two attached hydrogens (primary N) is 1. The lowest BCUT2D eigenvalue weighted by Gasteiger charge is -2.29. The fraction of sp³-hybridized carbons (Fsp3) is 0.222. The average molecular weight is 189 g/mol. The molecule has 0 saturated carbocycles. The number of aliphatic carboxylic acids is 1. The maximum absolute atomic E-state index is 10.8. The molecular formula is C9H13B2NO2. The Morgan fingerprint density at radius 1 is 1.36 bits per heavy atom.